The molecule has 3 heteroatoms. The molecule has 2 rings (SSSR count). The summed E-state index contributed by atoms with van der Waals surface area (Å²) in [5.41, 5.74) is -0.0233. The fourth-order valence-corrected chi connectivity index (χ4v) is 1.22. The van der Waals surface area contributed by atoms with Gasteiger partial charge >= 0.3 is 5.63 Å². The topological polar surface area (TPSA) is 54.0 Å². The number of nitrogens with zero attached hydrogens (tertiary/aromatic N) is 1. The van der Waals surface area contributed by atoms with Crippen LogP contribution in [0.1, 0.15) is 5.56 Å². The number of hydrogen-bond donors (Lipinski definition) is 0. The molecule has 0 N–H and O–H groups in total. The second kappa shape index (κ2) is 2.76. The maximum Gasteiger partial charge on any atom is 0.343 e. The van der Waals surface area contributed by atoms with E-state index >= 15 is 0 Å². The minimum Gasteiger partial charge on any atom is -0.429 e. The number of rotatable bonds is 0. The van der Waals surface area contributed by atoms with Crippen LogP contribution in [0.3, 0.4) is 0 Å². The molecule has 1 aromatic carbocycles. The number of hydrogen-bond acceptors (Lipinski definition) is 3. The van der Waals surface area contributed by atoms with Gasteiger partial charge in [-0.2, -0.15) is 5.26 Å². The molecule has 1 aromatic heterocycles. The van der Waals surface area contributed by atoms with Crippen LogP contribution in [0.2, 0.25) is 0 Å². The fraction of sp³-hybridized carbons (Fsp3) is 0. The van der Waals surface area contributed by atoms with Crippen LogP contribution in [0.5, 0.6) is 0 Å². The molecular weight excluding hydrogens is 166 g/mol. The van der Waals surface area contributed by atoms with Gasteiger partial charge in [0.25, 0.3) is 0 Å². The van der Waals surface area contributed by atoms with Crippen molar-refractivity contribution in [2.45, 2.75) is 0 Å². The lowest BCUT2D eigenvalue weighted by atomic mass is 10.1. The van der Waals surface area contributed by atoms with Gasteiger partial charge in [-0.05, 0) is 6.07 Å². The monoisotopic (exact) mass is 171 g/mol. The van der Waals surface area contributed by atoms with Gasteiger partial charge in [0.15, 0.2) is 0 Å². The lowest BCUT2D eigenvalue weighted by Gasteiger charge is -1.95. The van der Waals surface area contributed by atoms with Crippen molar-refractivity contribution < 1.29 is 4.42 Å². The molecule has 0 fully saturated rings. The molecule has 2 aromatic rings. The van der Waals surface area contributed by atoms with Crippen molar-refractivity contribution in [3.63, 3.8) is 0 Å². The second-order valence-corrected chi connectivity index (χ2v) is 2.59. The molecule has 0 spiro atoms. The predicted octanol–water partition coefficient (Wildman–Crippen LogP) is 1.66. The smallest absolute Gasteiger partial charge is 0.343 e. The SMILES string of the molecule is N#Cc1coc(=O)c2ccccc12. The van der Waals surface area contributed by atoms with Gasteiger partial charge in [0.1, 0.15) is 12.3 Å². The zero-order chi connectivity index (χ0) is 9.26. The van der Waals surface area contributed by atoms with Gasteiger partial charge in [0.05, 0.1) is 10.9 Å². The van der Waals surface area contributed by atoms with E-state index in [1.54, 1.807) is 24.3 Å². The average Bonchev–Trinajstić information content (AvgIpc) is 2.19. The molecule has 1 heterocycles. The van der Waals surface area contributed by atoms with E-state index in [1.807, 2.05) is 6.07 Å². The van der Waals surface area contributed by atoms with Crippen LogP contribution in [-0.4, -0.2) is 0 Å². The molecule has 0 amide bonds. The predicted molar refractivity (Wildman–Crippen MR) is 47.2 cm³/mol. The Hall–Kier alpha value is -2.08. The van der Waals surface area contributed by atoms with Crippen LogP contribution < -0.4 is 5.63 Å². The molecule has 0 saturated carbocycles. The first-order valence-electron chi connectivity index (χ1n) is 3.73. The Morgan fingerprint density at radius 2 is 1.92 bits per heavy atom. The molecule has 0 aliphatic carbocycles. The first kappa shape index (κ1) is 7.56. The van der Waals surface area contributed by atoms with Crippen LogP contribution in [0, 0.1) is 11.3 Å². The molecule has 0 aliphatic heterocycles. The molecule has 13 heavy (non-hydrogen) atoms. The van der Waals surface area contributed by atoms with E-state index in [2.05, 4.69) is 4.42 Å². The van der Waals surface area contributed by atoms with Crippen LogP contribution >= 0.6 is 0 Å². The quantitative estimate of drug-likeness (QED) is 0.605. The number of fused-ring (bicyclic) bond motifs is 1. The van der Waals surface area contributed by atoms with Gasteiger partial charge in [0, 0.05) is 5.39 Å². The largest absolute Gasteiger partial charge is 0.429 e. The second-order valence-electron chi connectivity index (χ2n) is 2.59. The van der Waals surface area contributed by atoms with E-state index in [1.165, 1.54) is 6.26 Å². The zero-order valence-corrected chi connectivity index (χ0v) is 6.65. The summed E-state index contributed by atoms with van der Waals surface area (Å²) < 4.78 is 4.68. The Bertz CT molecular complexity index is 549. The van der Waals surface area contributed by atoms with Crippen LogP contribution in [0.25, 0.3) is 10.8 Å². The van der Waals surface area contributed by atoms with Crippen molar-refractivity contribution in [2.75, 3.05) is 0 Å². The van der Waals surface area contributed by atoms with E-state index in [0.29, 0.717) is 16.3 Å². The molecule has 0 radical (unpaired) electrons. The van der Waals surface area contributed by atoms with Gasteiger partial charge in [-0.25, -0.2) is 4.79 Å². The molecule has 0 atom stereocenters. The van der Waals surface area contributed by atoms with Crippen molar-refractivity contribution in [1.29, 1.82) is 5.26 Å². The Morgan fingerprint density at radius 3 is 2.62 bits per heavy atom. The van der Waals surface area contributed by atoms with E-state index in [4.69, 9.17) is 5.26 Å². The minimum atomic E-state index is -0.408. The van der Waals surface area contributed by atoms with E-state index < -0.39 is 5.63 Å². The third kappa shape index (κ3) is 1.09. The van der Waals surface area contributed by atoms with Crippen LogP contribution in [0.4, 0.5) is 0 Å². The lowest BCUT2D eigenvalue weighted by molar-refractivity contribution is 0.518. The van der Waals surface area contributed by atoms with E-state index in [0.717, 1.165) is 0 Å². The summed E-state index contributed by atoms with van der Waals surface area (Å²) in [6, 6.07) is 8.85. The highest BCUT2D eigenvalue weighted by Gasteiger charge is 2.03. The van der Waals surface area contributed by atoms with Gasteiger partial charge in [0.2, 0.25) is 0 Å². The maximum atomic E-state index is 11.2. The van der Waals surface area contributed by atoms with Crippen LogP contribution in [0.15, 0.2) is 39.7 Å². The molecular formula is C10H5NO2. The highest BCUT2D eigenvalue weighted by atomic mass is 16.4. The van der Waals surface area contributed by atoms with Gasteiger partial charge < -0.3 is 4.42 Å². The lowest BCUT2D eigenvalue weighted by Crippen LogP contribution is -1.99. The third-order valence-corrected chi connectivity index (χ3v) is 1.84. The molecule has 0 bridgehead atoms. The van der Waals surface area contributed by atoms with E-state index in [-0.39, 0.29) is 0 Å². The van der Waals surface area contributed by atoms with Gasteiger partial charge in [-0.15, -0.1) is 0 Å². The zero-order valence-electron chi connectivity index (χ0n) is 6.65. The summed E-state index contributed by atoms with van der Waals surface area (Å²) in [4.78, 5) is 11.2. The summed E-state index contributed by atoms with van der Waals surface area (Å²) in [5.74, 6) is 0. The molecule has 0 unspecified atom stereocenters. The molecule has 0 saturated heterocycles. The number of benzene rings is 1. The first-order valence-corrected chi connectivity index (χ1v) is 3.73. The minimum absolute atomic E-state index is 0.384. The maximum absolute atomic E-state index is 11.2. The molecule has 3 nitrogen and oxygen atoms in total. The summed E-state index contributed by atoms with van der Waals surface area (Å²) in [6.07, 6.45) is 1.19. The van der Waals surface area contributed by atoms with Crippen molar-refractivity contribution in [2.24, 2.45) is 0 Å². The molecule has 62 valence electrons. The Labute approximate surface area is 73.8 Å². The standard InChI is InChI=1S/C10H5NO2/c11-5-7-6-13-10(12)9-4-2-1-3-8(7)9/h1-4,6H. The average molecular weight is 171 g/mol. The Balaban J connectivity index is 3.04. The highest BCUT2D eigenvalue weighted by molar-refractivity contribution is 5.85. The van der Waals surface area contributed by atoms with Crippen molar-refractivity contribution >= 4 is 10.8 Å². The highest BCUT2D eigenvalue weighted by Crippen LogP contribution is 2.13. The van der Waals surface area contributed by atoms with Gasteiger partial charge in [-0.3, -0.25) is 0 Å². The number of nitriles is 1. The Morgan fingerprint density at radius 1 is 1.23 bits per heavy atom. The summed E-state index contributed by atoms with van der Waals surface area (Å²) in [5, 5.41) is 9.80. The normalized spacial score (nSPS) is 9.77. The van der Waals surface area contributed by atoms with Crippen molar-refractivity contribution in [3.8, 4) is 6.07 Å². The third-order valence-electron chi connectivity index (χ3n) is 1.84. The summed E-state index contributed by atoms with van der Waals surface area (Å²) >= 11 is 0. The van der Waals surface area contributed by atoms with Crippen molar-refractivity contribution in [3.05, 3.63) is 46.5 Å². The summed E-state index contributed by atoms with van der Waals surface area (Å²) in [7, 11) is 0. The van der Waals surface area contributed by atoms with E-state index in [9.17, 15) is 4.79 Å². The summed E-state index contributed by atoms with van der Waals surface area (Å²) in [6.45, 7) is 0. The van der Waals surface area contributed by atoms with Crippen molar-refractivity contribution in [1.82, 2.24) is 0 Å². The van der Waals surface area contributed by atoms with Gasteiger partial charge in [-0.1, -0.05) is 18.2 Å². The molecule has 0 aliphatic rings. The van der Waals surface area contributed by atoms with Crippen LogP contribution in [-0.2, 0) is 0 Å². The Kier molecular flexibility index (Phi) is 1.60. The first-order chi connectivity index (χ1) is 6.33. The fourth-order valence-electron chi connectivity index (χ4n) is 1.22.